The summed E-state index contributed by atoms with van der Waals surface area (Å²) in [6, 6.07) is 73.3. The Morgan fingerprint density at radius 1 is 0.309 bits per heavy atom. The van der Waals surface area contributed by atoms with Gasteiger partial charge in [0.05, 0.1) is 22.5 Å². The van der Waals surface area contributed by atoms with Crippen molar-refractivity contribution in [2.24, 2.45) is 0 Å². The van der Waals surface area contributed by atoms with Gasteiger partial charge in [-0.15, -0.1) is 0 Å². The molecule has 0 N–H and O–H groups in total. The molecule has 0 saturated carbocycles. The van der Waals surface area contributed by atoms with Crippen LogP contribution in [0.4, 0.5) is 0 Å². The zero-order valence-electron chi connectivity index (χ0n) is 30.0. The molecule has 3 nitrogen and oxygen atoms in total. The Balaban J connectivity index is 1.06. The summed E-state index contributed by atoms with van der Waals surface area (Å²) >= 11 is 0. The summed E-state index contributed by atoms with van der Waals surface area (Å²) in [6.07, 6.45) is 1.82. The minimum Gasteiger partial charge on any atom is -0.256 e. The zero-order chi connectivity index (χ0) is 36.6. The van der Waals surface area contributed by atoms with Crippen molar-refractivity contribution < 1.29 is 0 Å². The Bertz CT molecular complexity index is 2720. The average Bonchev–Trinajstić information content (AvgIpc) is 3.58. The molecule has 9 aromatic rings. The lowest BCUT2D eigenvalue weighted by Crippen LogP contribution is -2.28. The average molecular weight is 702 g/mol. The largest absolute Gasteiger partial charge is 0.256 e. The molecule has 0 saturated heterocycles. The van der Waals surface area contributed by atoms with E-state index in [0.29, 0.717) is 5.82 Å². The standard InChI is InChI=1S/C52H35N3/c1-4-14-37(15-5-1)49-35-50(55-51(54-49)40-29-27-38(28-30-40)48-22-12-13-33-53-48)39-25-23-36(24-26-39)41-31-32-45-44-20-10-11-21-46(44)52(47(45)34-41,42-16-6-2-7-17-42)43-18-8-3-9-19-43/h1-35H. The predicted octanol–water partition coefficient (Wildman–Crippen LogP) is 12.6. The lowest BCUT2D eigenvalue weighted by molar-refractivity contribution is 0.769. The summed E-state index contributed by atoms with van der Waals surface area (Å²) in [6.45, 7) is 0. The van der Waals surface area contributed by atoms with E-state index in [1.807, 2.05) is 42.6 Å². The van der Waals surface area contributed by atoms with Crippen LogP contribution in [0.5, 0.6) is 0 Å². The van der Waals surface area contributed by atoms with Gasteiger partial charge in [-0.3, -0.25) is 4.98 Å². The lowest BCUT2D eigenvalue weighted by Gasteiger charge is -2.34. The molecule has 1 aliphatic rings. The Morgan fingerprint density at radius 2 is 0.800 bits per heavy atom. The van der Waals surface area contributed by atoms with Crippen LogP contribution in [0.25, 0.3) is 67.4 Å². The fourth-order valence-electron chi connectivity index (χ4n) is 8.26. The Labute approximate surface area is 321 Å². The van der Waals surface area contributed by atoms with Gasteiger partial charge < -0.3 is 0 Å². The van der Waals surface area contributed by atoms with E-state index in [1.54, 1.807) is 0 Å². The number of hydrogen-bond donors (Lipinski definition) is 0. The first kappa shape index (κ1) is 32.4. The number of rotatable bonds is 7. The molecule has 258 valence electrons. The smallest absolute Gasteiger partial charge is 0.160 e. The van der Waals surface area contributed by atoms with Crippen molar-refractivity contribution in [3.63, 3.8) is 0 Å². The molecule has 3 heteroatoms. The number of nitrogens with zero attached hydrogens (tertiary/aromatic N) is 3. The summed E-state index contributed by atoms with van der Waals surface area (Å²) in [5.74, 6) is 0.685. The number of aromatic nitrogens is 3. The van der Waals surface area contributed by atoms with Gasteiger partial charge >= 0.3 is 0 Å². The molecular formula is C52H35N3. The van der Waals surface area contributed by atoms with Crippen molar-refractivity contribution in [3.8, 4) is 67.4 Å². The van der Waals surface area contributed by atoms with Gasteiger partial charge in [0.15, 0.2) is 5.82 Å². The number of hydrogen-bond acceptors (Lipinski definition) is 3. The van der Waals surface area contributed by atoms with Crippen LogP contribution in [0.1, 0.15) is 22.3 Å². The Morgan fingerprint density at radius 3 is 1.44 bits per heavy atom. The van der Waals surface area contributed by atoms with Crippen LogP contribution in [0, 0.1) is 0 Å². The molecule has 10 rings (SSSR count). The molecule has 0 atom stereocenters. The van der Waals surface area contributed by atoms with Gasteiger partial charge in [-0.1, -0.05) is 182 Å². The van der Waals surface area contributed by atoms with Crippen LogP contribution in [-0.2, 0) is 5.41 Å². The third kappa shape index (κ3) is 5.65. The van der Waals surface area contributed by atoms with Crippen molar-refractivity contribution in [1.29, 1.82) is 0 Å². The Hall–Kier alpha value is -7.23. The molecule has 0 radical (unpaired) electrons. The topological polar surface area (TPSA) is 38.7 Å². The van der Waals surface area contributed by atoms with E-state index < -0.39 is 5.41 Å². The summed E-state index contributed by atoms with van der Waals surface area (Å²) in [7, 11) is 0. The second-order valence-corrected chi connectivity index (χ2v) is 14.0. The molecule has 1 aliphatic carbocycles. The maximum atomic E-state index is 5.13. The minimum absolute atomic E-state index is 0.439. The monoisotopic (exact) mass is 701 g/mol. The molecule has 2 aromatic heterocycles. The molecule has 0 unspecified atom stereocenters. The van der Waals surface area contributed by atoms with Crippen molar-refractivity contribution in [2.45, 2.75) is 5.41 Å². The van der Waals surface area contributed by atoms with Crippen LogP contribution >= 0.6 is 0 Å². The van der Waals surface area contributed by atoms with E-state index >= 15 is 0 Å². The highest BCUT2D eigenvalue weighted by Crippen LogP contribution is 2.56. The van der Waals surface area contributed by atoms with E-state index in [-0.39, 0.29) is 0 Å². The highest BCUT2D eigenvalue weighted by Gasteiger charge is 2.46. The molecule has 0 bridgehead atoms. The van der Waals surface area contributed by atoms with Crippen molar-refractivity contribution >= 4 is 0 Å². The van der Waals surface area contributed by atoms with Crippen LogP contribution in [0.15, 0.2) is 212 Å². The zero-order valence-corrected chi connectivity index (χ0v) is 30.0. The summed E-state index contributed by atoms with van der Waals surface area (Å²) in [5.41, 5.74) is 16.4. The van der Waals surface area contributed by atoms with E-state index in [2.05, 4.69) is 175 Å². The summed E-state index contributed by atoms with van der Waals surface area (Å²) in [5, 5.41) is 0. The van der Waals surface area contributed by atoms with E-state index in [0.717, 1.165) is 44.9 Å². The molecule has 2 heterocycles. The number of fused-ring (bicyclic) bond motifs is 3. The first-order valence-corrected chi connectivity index (χ1v) is 18.7. The first-order chi connectivity index (χ1) is 27.3. The predicted molar refractivity (Wildman–Crippen MR) is 224 cm³/mol. The fraction of sp³-hybridized carbons (Fsp3) is 0.0192. The SMILES string of the molecule is c1ccc(-c2cc(-c3ccc(-c4ccc5c(c4)C(c4ccccc4)(c4ccccc4)c4ccccc4-5)cc3)nc(-c3ccc(-c4ccccn4)cc3)n2)cc1. The molecule has 0 amide bonds. The third-order valence-electron chi connectivity index (χ3n) is 10.9. The molecular weight excluding hydrogens is 667 g/mol. The second-order valence-electron chi connectivity index (χ2n) is 14.0. The highest BCUT2D eigenvalue weighted by atomic mass is 14.9. The first-order valence-electron chi connectivity index (χ1n) is 18.7. The van der Waals surface area contributed by atoms with Gasteiger partial charge in [0.2, 0.25) is 0 Å². The maximum absolute atomic E-state index is 5.13. The molecule has 55 heavy (non-hydrogen) atoms. The van der Waals surface area contributed by atoms with Crippen LogP contribution in [-0.4, -0.2) is 15.0 Å². The van der Waals surface area contributed by atoms with Crippen LogP contribution in [0.2, 0.25) is 0 Å². The third-order valence-corrected chi connectivity index (χ3v) is 10.9. The van der Waals surface area contributed by atoms with E-state index in [4.69, 9.17) is 9.97 Å². The summed E-state index contributed by atoms with van der Waals surface area (Å²) in [4.78, 5) is 14.7. The lowest BCUT2D eigenvalue weighted by atomic mass is 9.67. The normalized spacial score (nSPS) is 12.5. The van der Waals surface area contributed by atoms with Gasteiger partial charge in [0, 0.05) is 28.5 Å². The molecule has 0 spiro atoms. The minimum atomic E-state index is -0.439. The number of pyridine rings is 1. The van der Waals surface area contributed by atoms with Gasteiger partial charge in [-0.25, -0.2) is 9.97 Å². The Kier molecular flexibility index (Phi) is 8.04. The second kappa shape index (κ2) is 13.6. The fourth-order valence-corrected chi connectivity index (χ4v) is 8.26. The summed E-state index contributed by atoms with van der Waals surface area (Å²) < 4.78 is 0. The maximum Gasteiger partial charge on any atom is 0.160 e. The quantitative estimate of drug-likeness (QED) is 0.166. The van der Waals surface area contributed by atoms with Gasteiger partial charge in [0.1, 0.15) is 0 Å². The molecule has 0 aliphatic heterocycles. The van der Waals surface area contributed by atoms with E-state index in [1.165, 1.54) is 38.9 Å². The number of benzene rings is 7. The highest BCUT2D eigenvalue weighted by molar-refractivity contribution is 5.88. The van der Waals surface area contributed by atoms with Gasteiger partial charge in [-0.2, -0.15) is 0 Å². The molecule has 7 aromatic carbocycles. The molecule has 0 fully saturated rings. The van der Waals surface area contributed by atoms with Crippen molar-refractivity contribution in [1.82, 2.24) is 15.0 Å². The van der Waals surface area contributed by atoms with Crippen molar-refractivity contribution in [2.75, 3.05) is 0 Å². The van der Waals surface area contributed by atoms with Gasteiger partial charge in [0.25, 0.3) is 0 Å². The van der Waals surface area contributed by atoms with Crippen molar-refractivity contribution in [3.05, 3.63) is 235 Å². The van der Waals surface area contributed by atoms with Gasteiger partial charge in [-0.05, 0) is 68.8 Å². The van der Waals surface area contributed by atoms with Crippen LogP contribution < -0.4 is 0 Å². The van der Waals surface area contributed by atoms with Crippen LogP contribution in [0.3, 0.4) is 0 Å². The van der Waals surface area contributed by atoms with E-state index in [9.17, 15) is 0 Å².